The Morgan fingerprint density at radius 1 is 0.750 bits per heavy atom. The smallest absolute Gasteiger partial charge is 0.153 e. The number of aliphatic hydroxyl groups is 4. The third-order valence-electron chi connectivity index (χ3n) is 1.34. The van der Waals surface area contributed by atoms with E-state index in [2.05, 4.69) is 0 Å². The Morgan fingerprint density at radius 2 is 0.875 bits per heavy atom. The molecule has 16 heavy (non-hydrogen) atoms. The van der Waals surface area contributed by atoms with Crippen molar-refractivity contribution in [3.8, 4) is 0 Å². The van der Waals surface area contributed by atoms with E-state index in [1.165, 1.54) is 0 Å². The van der Waals surface area contributed by atoms with Crippen LogP contribution in [0, 0.1) is 0 Å². The normalized spacial score (nSPS) is 11.4. The van der Waals surface area contributed by atoms with E-state index in [0.717, 1.165) is 0 Å². The summed E-state index contributed by atoms with van der Waals surface area (Å²) < 4.78 is 31.6. The van der Waals surface area contributed by atoms with Gasteiger partial charge in [-0.25, -0.2) is 0 Å². The van der Waals surface area contributed by atoms with Crippen LogP contribution in [0.2, 0.25) is 0 Å². The van der Waals surface area contributed by atoms with E-state index < -0.39 is 17.7 Å². The Kier molecular flexibility index (Phi) is 20.0. The first-order valence-corrected chi connectivity index (χ1v) is 7.60. The number of aliphatic hydroxyl groups excluding tert-OH is 4. The van der Waals surface area contributed by atoms with Gasteiger partial charge < -0.3 is 0 Å². The molecule has 0 fully saturated rings. The van der Waals surface area contributed by atoms with Crippen molar-refractivity contribution in [2.24, 2.45) is 0 Å². The van der Waals surface area contributed by atoms with Gasteiger partial charge in [0, 0.05) is 0 Å². The molecule has 0 bridgehead atoms. The van der Waals surface area contributed by atoms with Crippen LogP contribution in [0.15, 0.2) is 0 Å². The van der Waals surface area contributed by atoms with Crippen molar-refractivity contribution in [2.45, 2.75) is 0 Å². The van der Waals surface area contributed by atoms with Crippen molar-refractivity contribution in [1.82, 2.24) is 0 Å². The minimum absolute atomic E-state index is 0. The molecule has 0 saturated carbocycles. The van der Waals surface area contributed by atoms with Gasteiger partial charge >= 0.3 is 63.5 Å². The molecule has 2 atom stereocenters. The first-order chi connectivity index (χ1) is 6.24. The molecule has 0 aromatic carbocycles. The van der Waals surface area contributed by atoms with E-state index in [9.17, 15) is 0 Å². The molecule has 2 unspecified atom stereocenters. The summed E-state index contributed by atoms with van der Waals surface area (Å²) >= 11 is 0. The van der Waals surface area contributed by atoms with Crippen molar-refractivity contribution in [3.63, 3.8) is 0 Å². The van der Waals surface area contributed by atoms with Crippen LogP contribution in [0.3, 0.4) is 0 Å². The summed E-state index contributed by atoms with van der Waals surface area (Å²) in [5.74, 6) is 0. The fourth-order valence-electron chi connectivity index (χ4n) is 0.300. The molecule has 12 heteroatoms. The van der Waals surface area contributed by atoms with Crippen LogP contribution in [0.25, 0.3) is 0 Å². The predicted octanol–water partition coefficient (Wildman–Crippen LogP) is -2.00. The summed E-state index contributed by atoms with van der Waals surface area (Å²) in [6.45, 7) is 0. The molecule has 0 radical (unpaired) electrons. The summed E-state index contributed by atoms with van der Waals surface area (Å²) in [6, 6.07) is 0. The van der Waals surface area contributed by atoms with E-state index >= 15 is 0 Å². The molecule has 0 aliphatic carbocycles. The Balaban J connectivity index is -0.0000000904. The molecule has 0 saturated heterocycles. The molecular weight excluding hydrogens is 301 g/mol. The van der Waals surface area contributed by atoms with Crippen molar-refractivity contribution >= 4 is 37.5 Å². The van der Waals surface area contributed by atoms with E-state index in [-0.39, 0.29) is 45.2 Å². The van der Waals surface area contributed by atoms with Crippen LogP contribution >= 0.6 is 27.1 Å². The maximum atomic E-state index is 8.74. The molecular formula is C4H21O8P3S. The van der Waals surface area contributed by atoms with Crippen molar-refractivity contribution in [3.05, 3.63) is 0 Å². The summed E-state index contributed by atoms with van der Waals surface area (Å²) in [5, 5.41) is 34.2. The van der Waals surface area contributed by atoms with Gasteiger partial charge in [-0.2, -0.15) is 28.2 Å². The van der Waals surface area contributed by atoms with Crippen LogP contribution in [0.5, 0.6) is 0 Å². The number of hydrogen-bond acceptors (Lipinski definition) is 6. The van der Waals surface area contributed by atoms with Gasteiger partial charge in [0.2, 0.25) is 0 Å². The second kappa shape index (κ2) is 12.5. The fraction of sp³-hybridized carbons (Fsp3) is 1.00. The average molecular weight is 322 g/mol. The zero-order valence-corrected chi connectivity index (χ0v) is 13.3. The Morgan fingerprint density at radius 3 is 0.875 bits per heavy atom. The maximum Gasteiger partial charge on any atom is -0.153 e. The summed E-state index contributed by atoms with van der Waals surface area (Å²) in [6.07, 6.45) is -1.07. The van der Waals surface area contributed by atoms with Crippen molar-refractivity contribution < 1.29 is 37.9 Å². The SMILES string of the molecule is O=S(=O)(O)O.OC[PH](CO)(CO)CO.P.P. The average Bonchev–Trinajstić information content (AvgIpc) is 2.07. The summed E-state index contributed by atoms with van der Waals surface area (Å²) in [7, 11) is -7.14. The molecule has 0 amide bonds. The Bertz CT molecular complexity index is 202. The van der Waals surface area contributed by atoms with Crippen molar-refractivity contribution in [2.75, 3.05) is 25.4 Å². The van der Waals surface area contributed by atoms with Gasteiger partial charge in [0.05, 0.1) is 0 Å². The second-order valence-electron chi connectivity index (χ2n) is 2.58. The number of rotatable bonds is 4. The second-order valence-corrected chi connectivity index (χ2v) is 7.74. The van der Waals surface area contributed by atoms with Crippen LogP contribution in [-0.2, 0) is 10.4 Å². The standard InChI is InChI=1S/C4H13O4P.H2O4S.2H3P/c5-1-9(2-6,3-7)4-8;1-5(2,3)4;;/h5-9H,1-4H2;(H2,1,2,3,4);2*1H3. The van der Waals surface area contributed by atoms with Gasteiger partial charge in [-0.15, -0.1) is 0 Å². The maximum absolute atomic E-state index is 8.74. The minimum atomic E-state index is -4.67. The Labute approximate surface area is 101 Å². The molecule has 106 valence electrons. The monoisotopic (exact) mass is 322 g/mol. The van der Waals surface area contributed by atoms with Crippen molar-refractivity contribution in [1.29, 1.82) is 0 Å². The molecule has 0 spiro atoms. The Hall–Kier alpha value is 1.000. The van der Waals surface area contributed by atoms with Gasteiger partial charge in [0.15, 0.2) is 0 Å². The molecule has 0 aliphatic rings. The van der Waals surface area contributed by atoms with E-state index in [0.29, 0.717) is 0 Å². The van der Waals surface area contributed by atoms with Gasteiger partial charge in [0.1, 0.15) is 0 Å². The minimum Gasteiger partial charge on any atom is -0.153 e. The molecule has 0 rings (SSSR count). The number of hydrogen-bond donors (Lipinski definition) is 6. The molecule has 6 N–H and O–H groups in total. The fourth-order valence-corrected chi connectivity index (χ4v) is 0.900. The van der Waals surface area contributed by atoms with Crippen LogP contribution in [0.4, 0.5) is 0 Å². The van der Waals surface area contributed by atoms with Crippen LogP contribution in [0.1, 0.15) is 0 Å². The molecule has 0 aliphatic heterocycles. The van der Waals surface area contributed by atoms with Gasteiger partial charge in [0.25, 0.3) is 0 Å². The molecule has 0 aromatic heterocycles. The topological polar surface area (TPSA) is 156 Å². The van der Waals surface area contributed by atoms with Gasteiger partial charge in [-0.3, -0.25) is 9.11 Å². The van der Waals surface area contributed by atoms with Crippen LogP contribution in [-0.4, -0.2) is 63.3 Å². The van der Waals surface area contributed by atoms with E-state index in [1.54, 1.807) is 0 Å². The molecule has 0 heterocycles. The molecule has 0 aromatic rings. The predicted molar refractivity (Wildman–Crippen MR) is 73.0 cm³/mol. The van der Waals surface area contributed by atoms with E-state index in [1.807, 2.05) is 0 Å². The third-order valence-corrected chi connectivity index (χ3v) is 4.02. The summed E-state index contributed by atoms with van der Waals surface area (Å²) in [4.78, 5) is 0. The van der Waals surface area contributed by atoms with Gasteiger partial charge in [-0.05, 0) is 0 Å². The van der Waals surface area contributed by atoms with Gasteiger partial charge in [-0.1, -0.05) is 0 Å². The third kappa shape index (κ3) is 17.4. The largest absolute Gasteiger partial charge is 0.153 e. The molecule has 8 nitrogen and oxygen atoms in total. The first kappa shape index (κ1) is 25.8. The summed E-state index contributed by atoms with van der Waals surface area (Å²) in [5.41, 5.74) is 0. The van der Waals surface area contributed by atoms with Crippen LogP contribution < -0.4 is 0 Å². The van der Waals surface area contributed by atoms with E-state index in [4.69, 9.17) is 37.9 Å². The first-order valence-electron chi connectivity index (χ1n) is 3.38. The quantitative estimate of drug-likeness (QED) is 0.256. The zero-order valence-electron chi connectivity index (χ0n) is 8.65. The zero-order chi connectivity index (χ0) is 11.8.